The second kappa shape index (κ2) is 8.67. The topological polar surface area (TPSA) is 72.2 Å². The summed E-state index contributed by atoms with van der Waals surface area (Å²) >= 11 is 6.47. The summed E-state index contributed by atoms with van der Waals surface area (Å²) in [6, 6.07) is 17.2. The van der Waals surface area contributed by atoms with E-state index in [1.165, 1.54) is 0 Å². The Bertz CT molecular complexity index is 1500. The monoisotopic (exact) mass is 486 g/mol. The molecule has 1 aromatic heterocycles. The van der Waals surface area contributed by atoms with Gasteiger partial charge < -0.3 is 15.3 Å². The predicted molar refractivity (Wildman–Crippen MR) is 137 cm³/mol. The molecule has 35 heavy (non-hydrogen) atoms. The normalized spacial score (nSPS) is 19.4. The lowest BCUT2D eigenvalue weighted by atomic mass is 9.89. The van der Waals surface area contributed by atoms with Crippen LogP contribution in [-0.4, -0.2) is 35.3 Å². The van der Waals surface area contributed by atoms with E-state index in [4.69, 9.17) is 11.6 Å². The Hall–Kier alpha value is -3.40. The number of aryl methyl sites for hydroxylation is 1. The van der Waals surface area contributed by atoms with Crippen molar-refractivity contribution >= 4 is 39.0 Å². The minimum Gasteiger partial charge on any atom is -0.508 e. The fraction of sp³-hybridized carbons (Fsp3) is 0.286. The lowest BCUT2D eigenvalue weighted by molar-refractivity contribution is 0.476. The summed E-state index contributed by atoms with van der Waals surface area (Å²) in [6.07, 6.45) is 2.76. The van der Waals surface area contributed by atoms with Crippen LogP contribution < -0.4 is 10.2 Å². The Morgan fingerprint density at radius 3 is 2.63 bits per heavy atom. The van der Waals surface area contributed by atoms with Gasteiger partial charge in [0.05, 0.1) is 6.07 Å². The molecule has 7 heteroatoms. The van der Waals surface area contributed by atoms with Crippen molar-refractivity contribution < 1.29 is 9.50 Å². The van der Waals surface area contributed by atoms with Crippen LogP contribution in [-0.2, 0) is 6.42 Å². The number of aromatic nitrogens is 1. The molecule has 0 radical (unpaired) electrons. The third kappa shape index (κ3) is 3.67. The van der Waals surface area contributed by atoms with E-state index in [0.29, 0.717) is 46.2 Å². The highest BCUT2D eigenvalue weighted by molar-refractivity contribution is 6.30. The van der Waals surface area contributed by atoms with Crippen LogP contribution in [0.15, 0.2) is 48.5 Å². The second-order valence-corrected chi connectivity index (χ2v) is 9.80. The molecule has 0 saturated carbocycles. The summed E-state index contributed by atoms with van der Waals surface area (Å²) in [4.78, 5) is 6.99. The smallest absolute Gasteiger partial charge is 0.139 e. The maximum Gasteiger partial charge on any atom is 0.139 e. The number of hydrogen-bond acceptors (Lipinski definition) is 5. The molecule has 6 rings (SSSR count). The van der Waals surface area contributed by atoms with E-state index in [1.807, 2.05) is 30.3 Å². The van der Waals surface area contributed by atoms with Crippen LogP contribution in [0, 0.1) is 17.1 Å². The van der Waals surface area contributed by atoms with Crippen LogP contribution in [0.2, 0.25) is 5.15 Å². The van der Waals surface area contributed by atoms with E-state index < -0.39 is 5.82 Å². The van der Waals surface area contributed by atoms with Crippen LogP contribution in [0.4, 0.5) is 10.2 Å². The molecule has 2 unspecified atom stereocenters. The van der Waals surface area contributed by atoms with Crippen LogP contribution >= 0.6 is 11.6 Å². The molecule has 2 N–H and O–H groups in total. The molecule has 2 atom stereocenters. The van der Waals surface area contributed by atoms with Gasteiger partial charge in [-0.1, -0.05) is 35.9 Å². The summed E-state index contributed by atoms with van der Waals surface area (Å²) in [6.45, 7) is 1.73. The Balaban J connectivity index is 1.65. The molecule has 2 bridgehead atoms. The fourth-order valence-corrected chi connectivity index (χ4v) is 6.05. The molecular formula is C28H24ClFN4O. The SMILES string of the molecule is N#CCCc1cc2c(N3C4CCC3CNC4)nc(Cl)cc2c(F)c1-c1cc(O)cc2ccccc12. The standard InChI is InChI=1S/C28H24ClFN4O/c29-25-13-23-24(28(33-25)34-18-7-8-19(34)15-32-14-18)11-17(5-3-9-31)26(27(23)30)22-12-20(35)10-16-4-1-2-6-21(16)22/h1-2,4,6,10-13,18-19,32,35H,3,5,7-8,14-15H2. The molecule has 2 saturated heterocycles. The first-order valence-electron chi connectivity index (χ1n) is 11.9. The number of phenolic OH excluding ortho intramolecular Hbond substituents is 1. The lowest BCUT2D eigenvalue weighted by Crippen LogP contribution is -2.52. The molecule has 0 aliphatic carbocycles. The number of aromatic hydroxyl groups is 1. The van der Waals surface area contributed by atoms with Crippen molar-refractivity contribution in [2.75, 3.05) is 18.0 Å². The number of benzene rings is 3. The highest BCUT2D eigenvalue weighted by Crippen LogP contribution is 2.43. The minimum atomic E-state index is -0.403. The van der Waals surface area contributed by atoms with Crippen molar-refractivity contribution in [3.05, 3.63) is 65.1 Å². The molecule has 176 valence electrons. The maximum atomic E-state index is 16.6. The van der Waals surface area contributed by atoms with Crippen molar-refractivity contribution in [3.8, 4) is 22.9 Å². The highest BCUT2D eigenvalue weighted by Gasteiger charge is 2.38. The predicted octanol–water partition coefficient (Wildman–Crippen LogP) is 5.95. The number of pyridine rings is 1. The van der Waals surface area contributed by atoms with E-state index >= 15 is 4.39 Å². The number of nitrogens with zero attached hydrogens (tertiary/aromatic N) is 3. The highest BCUT2D eigenvalue weighted by atomic mass is 35.5. The molecule has 2 fully saturated rings. The number of rotatable bonds is 4. The molecule has 3 aromatic carbocycles. The quantitative estimate of drug-likeness (QED) is 0.349. The van der Waals surface area contributed by atoms with Gasteiger partial charge in [0.1, 0.15) is 22.5 Å². The van der Waals surface area contributed by atoms with Crippen molar-refractivity contribution in [2.24, 2.45) is 0 Å². The van der Waals surface area contributed by atoms with Gasteiger partial charge in [-0.15, -0.1) is 0 Å². The molecule has 0 amide bonds. The molecule has 0 spiro atoms. The Morgan fingerprint density at radius 2 is 1.86 bits per heavy atom. The summed E-state index contributed by atoms with van der Waals surface area (Å²) in [5.41, 5.74) is 1.72. The molecule has 2 aliphatic heterocycles. The number of piperazine rings is 1. The van der Waals surface area contributed by atoms with Gasteiger partial charge in [0.15, 0.2) is 0 Å². The van der Waals surface area contributed by atoms with Gasteiger partial charge in [-0.25, -0.2) is 9.37 Å². The second-order valence-electron chi connectivity index (χ2n) is 9.41. The van der Waals surface area contributed by atoms with E-state index in [0.717, 1.165) is 42.3 Å². The Labute approximate surface area is 207 Å². The van der Waals surface area contributed by atoms with Crippen LogP contribution in [0.25, 0.3) is 32.7 Å². The number of hydrogen-bond donors (Lipinski definition) is 2. The minimum absolute atomic E-state index is 0.0651. The number of phenols is 1. The van der Waals surface area contributed by atoms with E-state index in [-0.39, 0.29) is 17.3 Å². The van der Waals surface area contributed by atoms with Crippen molar-refractivity contribution in [3.63, 3.8) is 0 Å². The Morgan fingerprint density at radius 1 is 1.09 bits per heavy atom. The van der Waals surface area contributed by atoms with Crippen LogP contribution in [0.3, 0.4) is 0 Å². The number of halogens is 2. The number of fused-ring (bicyclic) bond motifs is 4. The maximum absolute atomic E-state index is 16.6. The molecular weight excluding hydrogens is 463 g/mol. The zero-order valence-electron chi connectivity index (χ0n) is 19.1. The zero-order chi connectivity index (χ0) is 24.1. The summed E-state index contributed by atoms with van der Waals surface area (Å²) < 4.78 is 16.6. The van der Waals surface area contributed by atoms with Gasteiger partial charge in [-0.05, 0) is 65.4 Å². The van der Waals surface area contributed by atoms with Crippen LogP contribution in [0.1, 0.15) is 24.8 Å². The van der Waals surface area contributed by atoms with Crippen molar-refractivity contribution in [1.82, 2.24) is 10.3 Å². The van der Waals surface area contributed by atoms with E-state index in [2.05, 4.69) is 21.3 Å². The molecule has 2 aliphatic rings. The van der Waals surface area contributed by atoms with Gasteiger partial charge >= 0.3 is 0 Å². The van der Waals surface area contributed by atoms with Gasteiger partial charge in [-0.2, -0.15) is 5.26 Å². The number of nitrogens with one attached hydrogen (secondary N) is 1. The third-order valence-electron chi connectivity index (χ3n) is 7.35. The Kier molecular flexibility index (Phi) is 5.47. The van der Waals surface area contributed by atoms with Crippen molar-refractivity contribution in [1.29, 1.82) is 5.26 Å². The van der Waals surface area contributed by atoms with Gasteiger partial charge in [-0.3, -0.25) is 0 Å². The first-order chi connectivity index (χ1) is 17.0. The van der Waals surface area contributed by atoms with Crippen LogP contribution in [0.5, 0.6) is 5.75 Å². The first kappa shape index (κ1) is 22.1. The zero-order valence-corrected chi connectivity index (χ0v) is 19.8. The average Bonchev–Trinajstić information content (AvgIpc) is 3.09. The van der Waals surface area contributed by atoms with E-state index in [9.17, 15) is 10.4 Å². The van der Waals surface area contributed by atoms with Crippen molar-refractivity contribution in [2.45, 2.75) is 37.8 Å². The van der Waals surface area contributed by atoms with Gasteiger partial charge in [0, 0.05) is 47.9 Å². The summed E-state index contributed by atoms with van der Waals surface area (Å²) in [7, 11) is 0. The molecule has 5 nitrogen and oxygen atoms in total. The largest absolute Gasteiger partial charge is 0.508 e. The van der Waals surface area contributed by atoms with E-state index in [1.54, 1.807) is 18.2 Å². The number of anilines is 1. The third-order valence-corrected chi connectivity index (χ3v) is 7.54. The molecule has 3 heterocycles. The fourth-order valence-electron chi connectivity index (χ4n) is 5.86. The molecule has 4 aromatic rings. The summed E-state index contributed by atoms with van der Waals surface area (Å²) in [5, 5.41) is 26.3. The number of nitriles is 1. The first-order valence-corrected chi connectivity index (χ1v) is 12.3. The average molecular weight is 487 g/mol. The summed E-state index contributed by atoms with van der Waals surface area (Å²) in [5.74, 6) is 0.375. The van der Waals surface area contributed by atoms with Gasteiger partial charge in [0.2, 0.25) is 0 Å². The lowest BCUT2D eigenvalue weighted by Gasteiger charge is -2.37. The van der Waals surface area contributed by atoms with Gasteiger partial charge in [0.25, 0.3) is 0 Å².